The molecule has 0 spiro atoms. The Morgan fingerprint density at radius 3 is 2.58 bits per heavy atom. The number of fused-ring (bicyclic) bond motifs is 1. The van der Waals surface area contributed by atoms with Gasteiger partial charge < -0.3 is 15.1 Å². The van der Waals surface area contributed by atoms with Gasteiger partial charge in [-0.05, 0) is 37.2 Å². The molecule has 5 rings (SSSR count). The number of likely N-dealkylation sites (tertiary alicyclic amines) is 2. The second-order valence-corrected chi connectivity index (χ2v) is 9.89. The zero-order valence-corrected chi connectivity index (χ0v) is 18.5. The van der Waals surface area contributed by atoms with Crippen LogP contribution in [0.2, 0.25) is 0 Å². The highest BCUT2D eigenvalue weighted by Crippen LogP contribution is 2.31. The minimum atomic E-state index is 0.150. The Morgan fingerprint density at radius 2 is 1.81 bits per heavy atom. The highest BCUT2D eigenvalue weighted by Gasteiger charge is 2.44. The number of carbonyl (C=O) groups is 1. The third-order valence-electron chi connectivity index (χ3n) is 7.68. The molecule has 0 radical (unpaired) electrons. The summed E-state index contributed by atoms with van der Waals surface area (Å²) in [7, 11) is 0. The minimum absolute atomic E-state index is 0.150. The van der Waals surface area contributed by atoms with Gasteiger partial charge in [0.1, 0.15) is 0 Å². The van der Waals surface area contributed by atoms with Crippen LogP contribution in [0.4, 0.5) is 0 Å². The molecule has 1 amide bonds. The number of benzene rings is 1. The van der Waals surface area contributed by atoms with E-state index in [-0.39, 0.29) is 17.9 Å². The number of oxime groups is 1. The van der Waals surface area contributed by atoms with Crippen molar-refractivity contribution in [2.24, 2.45) is 22.9 Å². The zero-order valence-electron chi connectivity index (χ0n) is 18.5. The lowest BCUT2D eigenvalue weighted by molar-refractivity contribution is -0.126. The van der Waals surface area contributed by atoms with Crippen LogP contribution < -0.4 is 5.32 Å². The molecule has 3 fully saturated rings. The van der Waals surface area contributed by atoms with Gasteiger partial charge in [0, 0.05) is 45.2 Å². The molecule has 1 N–H and O–H groups in total. The van der Waals surface area contributed by atoms with E-state index in [1.807, 2.05) is 0 Å². The van der Waals surface area contributed by atoms with Gasteiger partial charge in [-0.15, -0.1) is 0 Å². The number of amidine groups is 1. The molecular weight excluding hydrogens is 388 g/mol. The van der Waals surface area contributed by atoms with E-state index in [1.54, 1.807) is 0 Å². The Hall–Kier alpha value is -2.08. The van der Waals surface area contributed by atoms with Crippen molar-refractivity contribution in [1.82, 2.24) is 15.1 Å². The van der Waals surface area contributed by atoms with Crippen LogP contribution in [0.3, 0.4) is 0 Å². The van der Waals surface area contributed by atoms with Crippen molar-refractivity contribution in [2.45, 2.75) is 57.6 Å². The number of nitrogens with zero attached hydrogens (tertiary/aromatic N) is 3. The molecule has 1 aliphatic carbocycles. The lowest BCUT2D eigenvalue weighted by Crippen LogP contribution is -2.46. The molecule has 1 saturated carbocycles. The number of amides is 1. The minimum Gasteiger partial charge on any atom is -0.389 e. The van der Waals surface area contributed by atoms with Crippen molar-refractivity contribution < 1.29 is 9.63 Å². The first-order valence-electron chi connectivity index (χ1n) is 12.3. The normalized spacial score (nSPS) is 27.6. The third kappa shape index (κ3) is 4.89. The van der Waals surface area contributed by atoms with Gasteiger partial charge >= 0.3 is 0 Å². The fourth-order valence-electron chi connectivity index (χ4n) is 5.81. The lowest BCUT2D eigenvalue weighted by atomic mass is 9.89. The number of piperidine rings is 1. The maximum Gasteiger partial charge on any atom is 0.223 e. The van der Waals surface area contributed by atoms with Gasteiger partial charge in [-0.1, -0.05) is 54.8 Å². The average molecular weight is 425 g/mol. The van der Waals surface area contributed by atoms with Crippen LogP contribution in [-0.4, -0.2) is 60.4 Å². The van der Waals surface area contributed by atoms with Crippen LogP contribution in [0.25, 0.3) is 0 Å². The number of carbonyl (C=O) groups excluding carboxylic acids is 1. The van der Waals surface area contributed by atoms with E-state index in [1.165, 1.54) is 37.7 Å². The first kappa shape index (κ1) is 20.8. The fraction of sp³-hybridized carbons (Fsp3) is 0.680. The van der Waals surface area contributed by atoms with E-state index in [9.17, 15) is 4.79 Å². The maximum atomic E-state index is 12.7. The summed E-state index contributed by atoms with van der Waals surface area (Å²) in [5.41, 5.74) is 1.35. The summed E-state index contributed by atoms with van der Waals surface area (Å²) in [6, 6.07) is 10.6. The smallest absolute Gasteiger partial charge is 0.223 e. The molecule has 4 aliphatic rings. The summed E-state index contributed by atoms with van der Waals surface area (Å²) in [6.45, 7) is 5.60. The van der Waals surface area contributed by atoms with Gasteiger partial charge in [-0.25, -0.2) is 0 Å². The number of hydrogen-bond donors (Lipinski definition) is 1. The second kappa shape index (κ2) is 9.60. The first-order valence-corrected chi connectivity index (χ1v) is 12.3. The molecule has 1 aromatic rings. The number of hydrogen-bond acceptors (Lipinski definition) is 5. The fourth-order valence-corrected chi connectivity index (χ4v) is 5.81. The summed E-state index contributed by atoms with van der Waals surface area (Å²) in [6.07, 6.45) is 8.59. The van der Waals surface area contributed by atoms with Crippen molar-refractivity contribution in [3.05, 3.63) is 35.9 Å². The Labute approximate surface area is 186 Å². The number of nitrogens with one attached hydrogen (secondary N) is 1. The average Bonchev–Trinajstić information content (AvgIpc) is 3.39. The molecule has 1 aromatic carbocycles. The molecule has 168 valence electrons. The maximum absolute atomic E-state index is 12.7. The molecule has 31 heavy (non-hydrogen) atoms. The quantitative estimate of drug-likeness (QED) is 0.788. The van der Waals surface area contributed by atoms with Crippen LogP contribution in [0.15, 0.2) is 35.5 Å². The predicted molar refractivity (Wildman–Crippen MR) is 121 cm³/mol. The summed E-state index contributed by atoms with van der Waals surface area (Å²) in [5, 5.41) is 7.72. The van der Waals surface area contributed by atoms with Crippen molar-refractivity contribution in [3.63, 3.8) is 0 Å². The topological polar surface area (TPSA) is 57.2 Å². The van der Waals surface area contributed by atoms with E-state index in [0.29, 0.717) is 11.8 Å². The Morgan fingerprint density at radius 1 is 1.03 bits per heavy atom. The van der Waals surface area contributed by atoms with Crippen LogP contribution in [-0.2, 0) is 16.2 Å². The SMILES string of the molecule is O=C(NCC1CCCCC1)C1CCN(C2=NOC3CN(Cc4ccccc4)CC23)CC1. The highest BCUT2D eigenvalue weighted by molar-refractivity contribution is 5.87. The van der Waals surface area contributed by atoms with E-state index >= 15 is 0 Å². The third-order valence-corrected chi connectivity index (χ3v) is 7.68. The van der Waals surface area contributed by atoms with E-state index in [0.717, 1.165) is 57.9 Å². The van der Waals surface area contributed by atoms with Gasteiger partial charge in [0.2, 0.25) is 5.91 Å². The molecule has 0 aromatic heterocycles. The van der Waals surface area contributed by atoms with Crippen LogP contribution in [0, 0.1) is 17.8 Å². The zero-order chi connectivity index (χ0) is 21.0. The Bertz CT molecular complexity index is 769. The van der Waals surface area contributed by atoms with Crippen LogP contribution >= 0.6 is 0 Å². The van der Waals surface area contributed by atoms with Gasteiger partial charge in [0.25, 0.3) is 0 Å². The molecule has 3 heterocycles. The summed E-state index contributed by atoms with van der Waals surface area (Å²) < 4.78 is 0. The predicted octanol–water partition coefficient (Wildman–Crippen LogP) is 3.24. The van der Waals surface area contributed by atoms with Crippen LogP contribution in [0.1, 0.15) is 50.5 Å². The molecule has 3 aliphatic heterocycles. The summed E-state index contributed by atoms with van der Waals surface area (Å²) in [4.78, 5) is 23.3. The molecular formula is C25H36N4O2. The van der Waals surface area contributed by atoms with Gasteiger partial charge in [0.15, 0.2) is 11.9 Å². The lowest BCUT2D eigenvalue weighted by Gasteiger charge is -2.34. The summed E-state index contributed by atoms with van der Waals surface area (Å²) >= 11 is 0. The van der Waals surface area contributed by atoms with Crippen molar-refractivity contribution in [2.75, 3.05) is 32.7 Å². The molecule has 2 unspecified atom stereocenters. The summed E-state index contributed by atoms with van der Waals surface area (Å²) in [5.74, 6) is 2.59. The highest BCUT2D eigenvalue weighted by atomic mass is 16.6. The van der Waals surface area contributed by atoms with E-state index in [2.05, 4.69) is 50.6 Å². The monoisotopic (exact) mass is 424 g/mol. The van der Waals surface area contributed by atoms with Crippen molar-refractivity contribution in [3.8, 4) is 0 Å². The Balaban J connectivity index is 1.08. The van der Waals surface area contributed by atoms with E-state index < -0.39 is 0 Å². The van der Waals surface area contributed by atoms with Gasteiger partial charge in [-0.2, -0.15) is 0 Å². The standard InChI is InChI=1S/C25H36N4O2/c30-25(26-15-19-7-3-1-4-8-19)21-11-13-29(14-12-21)24-22-17-28(18-23(22)31-27-24)16-20-9-5-2-6-10-20/h2,5-6,9-10,19,21-23H,1,3-4,7-8,11-18H2,(H,26,30). The van der Waals surface area contributed by atoms with Crippen molar-refractivity contribution >= 4 is 11.7 Å². The first-order chi connectivity index (χ1) is 15.3. The molecule has 6 nitrogen and oxygen atoms in total. The molecule has 2 saturated heterocycles. The van der Waals surface area contributed by atoms with Gasteiger partial charge in [0.05, 0.1) is 5.92 Å². The molecule has 0 bridgehead atoms. The van der Waals surface area contributed by atoms with Crippen LogP contribution in [0.5, 0.6) is 0 Å². The van der Waals surface area contributed by atoms with E-state index in [4.69, 9.17) is 4.84 Å². The molecule has 6 heteroatoms. The second-order valence-electron chi connectivity index (χ2n) is 9.89. The molecule has 2 atom stereocenters. The van der Waals surface area contributed by atoms with Crippen molar-refractivity contribution in [1.29, 1.82) is 0 Å². The Kier molecular flexibility index (Phi) is 6.44. The number of rotatable bonds is 5. The largest absolute Gasteiger partial charge is 0.389 e. The van der Waals surface area contributed by atoms with Gasteiger partial charge in [-0.3, -0.25) is 9.69 Å².